The van der Waals surface area contributed by atoms with E-state index in [-0.39, 0.29) is 0 Å². The Bertz CT molecular complexity index is 581. The lowest BCUT2D eigenvalue weighted by atomic mass is 9.70. The zero-order valence-electron chi connectivity index (χ0n) is 12.0. The first-order chi connectivity index (χ1) is 9.07. The van der Waals surface area contributed by atoms with Gasteiger partial charge in [0.1, 0.15) is 5.52 Å². The van der Waals surface area contributed by atoms with Gasteiger partial charge >= 0.3 is 0 Å². The highest BCUT2D eigenvalue weighted by molar-refractivity contribution is 5.68. The summed E-state index contributed by atoms with van der Waals surface area (Å²) in [6, 6.07) is 2.14. The maximum Gasteiger partial charge on any atom is 0.152 e. The molecule has 1 aliphatic rings. The Morgan fingerprint density at radius 1 is 1.42 bits per heavy atom. The second kappa shape index (κ2) is 4.51. The average molecular weight is 258 g/mol. The standard InChI is InChI=1S/C15H22N4/c1-11(2)12-9-13-14(16-7-8-19(13)18-12)17-10-15(3)5-4-6-15/h7-9,11H,4-6,10H2,1-3H3,(H,16,17). The van der Waals surface area contributed by atoms with Crippen LogP contribution in [-0.2, 0) is 0 Å². The number of anilines is 1. The van der Waals surface area contributed by atoms with Crippen molar-refractivity contribution >= 4 is 11.3 Å². The molecule has 0 saturated heterocycles. The number of rotatable bonds is 4. The fraction of sp³-hybridized carbons (Fsp3) is 0.600. The maximum atomic E-state index is 4.59. The molecule has 1 N–H and O–H groups in total. The van der Waals surface area contributed by atoms with E-state index in [1.54, 1.807) is 0 Å². The lowest BCUT2D eigenvalue weighted by Crippen LogP contribution is -2.33. The summed E-state index contributed by atoms with van der Waals surface area (Å²) in [5, 5.41) is 8.10. The number of hydrogen-bond acceptors (Lipinski definition) is 3. The van der Waals surface area contributed by atoms with E-state index in [1.165, 1.54) is 19.3 Å². The highest BCUT2D eigenvalue weighted by Gasteiger charge is 2.31. The van der Waals surface area contributed by atoms with Gasteiger partial charge in [-0.05, 0) is 30.2 Å². The van der Waals surface area contributed by atoms with E-state index < -0.39 is 0 Å². The molecule has 2 heterocycles. The third kappa shape index (κ3) is 2.31. The molecule has 1 aliphatic carbocycles. The molecule has 0 spiro atoms. The van der Waals surface area contributed by atoms with Gasteiger partial charge in [0, 0.05) is 18.9 Å². The van der Waals surface area contributed by atoms with Gasteiger partial charge in [0.05, 0.1) is 5.69 Å². The van der Waals surface area contributed by atoms with Crippen LogP contribution in [0.2, 0.25) is 0 Å². The third-order valence-electron chi connectivity index (χ3n) is 4.24. The number of hydrogen-bond donors (Lipinski definition) is 1. The Hall–Kier alpha value is -1.58. The minimum absolute atomic E-state index is 0.442. The van der Waals surface area contributed by atoms with Crippen LogP contribution in [0.15, 0.2) is 18.5 Å². The fourth-order valence-electron chi connectivity index (χ4n) is 2.61. The average Bonchev–Trinajstić information content (AvgIpc) is 2.78. The molecule has 0 amide bonds. The Balaban J connectivity index is 1.86. The van der Waals surface area contributed by atoms with Crippen LogP contribution < -0.4 is 5.32 Å². The number of nitrogens with zero attached hydrogens (tertiary/aromatic N) is 3. The topological polar surface area (TPSA) is 42.2 Å². The van der Waals surface area contributed by atoms with Crippen LogP contribution in [0.5, 0.6) is 0 Å². The van der Waals surface area contributed by atoms with Crippen molar-refractivity contribution in [3.8, 4) is 0 Å². The maximum absolute atomic E-state index is 4.59. The van der Waals surface area contributed by atoms with Crippen molar-refractivity contribution in [2.24, 2.45) is 5.41 Å². The summed E-state index contributed by atoms with van der Waals surface area (Å²) in [5.74, 6) is 1.40. The summed E-state index contributed by atoms with van der Waals surface area (Å²) in [4.78, 5) is 4.47. The van der Waals surface area contributed by atoms with Crippen LogP contribution >= 0.6 is 0 Å². The molecule has 2 aromatic heterocycles. The number of aromatic nitrogens is 3. The summed E-state index contributed by atoms with van der Waals surface area (Å²) in [6.45, 7) is 7.68. The van der Waals surface area contributed by atoms with Crippen molar-refractivity contribution in [1.82, 2.24) is 14.6 Å². The first kappa shape index (κ1) is 12.5. The summed E-state index contributed by atoms with van der Waals surface area (Å²) in [6.07, 6.45) is 7.73. The van der Waals surface area contributed by atoms with E-state index in [0.29, 0.717) is 11.3 Å². The van der Waals surface area contributed by atoms with Crippen molar-refractivity contribution in [3.05, 3.63) is 24.2 Å². The number of fused-ring (bicyclic) bond motifs is 1. The smallest absolute Gasteiger partial charge is 0.152 e. The molecule has 3 rings (SSSR count). The van der Waals surface area contributed by atoms with Gasteiger partial charge in [0.15, 0.2) is 5.82 Å². The molecule has 0 radical (unpaired) electrons. The molecule has 0 atom stereocenters. The van der Waals surface area contributed by atoms with Crippen molar-refractivity contribution in [3.63, 3.8) is 0 Å². The van der Waals surface area contributed by atoms with E-state index in [0.717, 1.165) is 23.6 Å². The summed E-state index contributed by atoms with van der Waals surface area (Å²) >= 11 is 0. The van der Waals surface area contributed by atoms with Crippen LogP contribution in [0.4, 0.5) is 5.82 Å². The molecule has 1 saturated carbocycles. The molecule has 2 aromatic rings. The predicted octanol–water partition coefficient (Wildman–Crippen LogP) is 3.45. The van der Waals surface area contributed by atoms with Crippen molar-refractivity contribution in [1.29, 1.82) is 0 Å². The zero-order valence-corrected chi connectivity index (χ0v) is 12.0. The molecular weight excluding hydrogens is 236 g/mol. The van der Waals surface area contributed by atoms with Crippen LogP contribution in [0.3, 0.4) is 0 Å². The molecule has 102 valence electrons. The highest BCUT2D eigenvalue weighted by Crippen LogP contribution is 2.40. The normalized spacial score (nSPS) is 17.7. The second-order valence-corrected chi connectivity index (χ2v) is 6.35. The van der Waals surface area contributed by atoms with Gasteiger partial charge in [0.2, 0.25) is 0 Å². The van der Waals surface area contributed by atoms with Crippen LogP contribution in [-0.4, -0.2) is 21.1 Å². The first-order valence-electron chi connectivity index (χ1n) is 7.16. The quantitative estimate of drug-likeness (QED) is 0.913. The van der Waals surface area contributed by atoms with Crippen molar-refractivity contribution < 1.29 is 0 Å². The Morgan fingerprint density at radius 2 is 2.21 bits per heavy atom. The lowest BCUT2D eigenvalue weighted by Gasteiger charge is -2.38. The van der Waals surface area contributed by atoms with E-state index in [2.05, 4.69) is 42.2 Å². The van der Waals surface area contributed by atoms with Gasteiger partial charge in [-0.1, -0.05) is 27.2 Å². The molecule has 4 nitrogen and oxygen atoms in total. The Morgan fingerprint density at radius 3 is 2.84 bits per heavy atom. The minimum Gasteiger partial charge on any atom is -0.368 e. The highest BCUT2D eigenvalue weighted by atomic mass is 15.2. The van der Waals surface area contributed by atoms with Gasteiger partial charge in [0.25, 0.3) is 0 Å². The molecule has 0 aliphatic heterocycles. The molecule has 19 heavy (non-hydrogen) atoms. The predicted molar refractivity (Wildman–Crippen MR) is 77.5 cm³/mol. The van der Waals surface area contributed by atoms with Crippen LogP contribution in [0, 0.1) is 5.41 Å². The summed E-state index contributed by atoms with van der Waals surface area (Å²) < 4.78 is 1.92. The lowest BCUT2D eigenvalue weighted by molar-refractivity contribution is 0.180. The van der Waals surface area contributed by atoms with Gasteiger partial charge in [-0.2, -0.15) is 5.10 Å². The first-order valence-corrected chi connectivity index (χ1v) is 7.16. The fourth-order valence-corrected chi connectivity index (χ4v) is 2.61. The monoisotopic (exact) mass is 258 g/mol. The largest absolute Gasteiger partial charge is 0.368 e. The Kier molecular flexibility index (Phi) is 2.96. The SMILES string of the molecule is CC(C)c1cc2c(NCC3(C)CCC3)nccn2n1. The van der Waals surface area contributed by atoms with Gasteiger partial charge in [-0.3, -0.25) is 0 Å². The van der Waals surface area contributed by atoms with Crippen LogP contribution in [0.1, 0.15) is 51.6 Å². The van der Waals surface area contributed by atoms with Gasteiger partial charge in [-0.15, -0.1) is 0 Å². The van der Waals surface area contributed by atoms with E-state index in [1.807, 2.05) is 16.9 Å². The van der Waals surface area contributed by atoms with E-state index in [9.17, 15) is 0 Å². The van der Waals surface area contributed by atoms with Gasteiger partial charge < -0.3 is 5.32 Å². The van der Waals surface area contributed by atoms with E-state index >= 15 is 0 Å². The summed E-state index contributed by atoms with van der Waals surface area (Å²) in [5.41, 5.74) is 2.65. The zero-order chi connectivity index (χ0) is 13.5. The molecular formula is C15H22N4. The minimum atomic E-state index is 0.442. The van der Waals surface area contributed by atoms with Gasteiger partial charge in [-0.25, -0.2) is 9.50 Å². The molecule has 0 bridgehead atoms. The second-order valence-electron chi connectivity index (χ2n) is 6.35. The summed E-state index contributed by atoms with van der Waals surface area (Å²) in [7, 11) is 0. The Labute approximate surface area is 114 Å². The van der Waals surface area contributed by atoms with E-state index in [4.69, 9.17) is 0 Å². The molecule has 1 fully saturated rings. The van der Waals surface area contributed by atoms with Crippen molar-refractivity contribution in [2.75, 3.05) is 11.9 Å². The van der Waals surface area contributed by atoms with Crippen LogP contribution in [0.25, 0.3) is 5.52 Å². The number of nitrogens with one attached hydrogen (secondary N) is 1. The molecule has 4 heteroatoms. The third-order valence-corrected chi connectivity index (χ3v) is 4.24. The molecule has 0 aromatic carbocycles. The molecule has 0 unspecified atom stereocenters. The van der Waals surface area contributed by atoms with Crippen molar-refractivity contribution in [2.45, 2.75) is 46.0 Å².